The van der Waals surface area contributed by atoms with Gasteiger partial charge in [0, 0.05) is 42.6 Å². The van der Waals surface area contributed by atoms with Gasteiger partial charge in [-0.15, -0.1) is 11.3 Å². The second-order valence-corrected chi connectivity index (χ2v) is 14.0. The Morgan fingerprint density at radius 1 is 0.560 bits per heavy atom. The molecule has 0 saturated heterocycles. The van der Waals surface area contributed by atoms with Crippen molar-refractivity contribution in [3.8, 4) is 5.69 Å². The third kappa shape index (κ3) is 4.20. The highest BCUT2D eigenvalue weighted by Gasteiger charge is 2.23. The molecule has 0 saturated carbocycles. The maximum atomic E-state index is 6.88. The molecule has 1 atom stereocenters. The smallest absolute Gasteiger partial charge is 0.123 e. The van der Waals surface area contributed by atoms with E-state index in [4.69, 9.17) is 10.7 Å². The molecule has 0 aliphatic heterocycles. The molecule has 5 heteroatoms. The van der Waals surface area contributed by atoms with Gasteiger partial charge in [-0.3, -0.25) is 4.99 Å². The van der Waals surface area contributed by atoms with Gasteiger partial charge in [0.25, 0.3) is 0 Å². The molecule has 7 aromatic carbocycles. The number of benzene rings is 7. The first-order chi connectivity index (χ1) is 24.7. The predicted octanol–water partition coefficient (Wildman–Crippen LogP) is 11.9. The van der Waals surface area contributed by atoms with Crippen LogP contribution in [0, 0.1) is 0 Å². The van der Waals surface area contributed by atoms with E-state index in [-0.39, 0.29) is 6.17 Å². The summed E-state index contributed by atoms with van der Waals surface area (Å²) in [6.07, 6.45) is -0.227. The summed E-state index contributed by atoms with van der Waals surface area (Å²) in [7, 11) is 0. The average Bonchev–Trinajstić information content (AvgIpc) is 3.81. The summed E-state index contributed by atoms with van der Waals surface area (Å²) in [4.78, 5) is 6.56. The number of nitrogens with two attached hydrogens (primary N) is 1. The number of nitrogen functional groups attached to an aromatic ring is 1. The van der Waals surface area contributed by atoms with Crippen LogP contribution in [-0.4, -0.2) is 14.8 Å². The molecule has 0 aliphatic rings. The van der Waals surface area contributed by atoms with Crippen LogP contribution >= 0.6 is 11.3 Å². The van der Waals surface area contributed by atoms with Crippen LogP contribution < -0.4 is 5.73 Å². The zero-order chi connectivity index (χ0) is 33.3. The van der Waals surface area contributed by atoms with Gasteiger partial charge < -0.3 is 14.9 Å². The number of hydrogen-bond donors (Lipinski definition) is 1. The summed E-state index contributed by atoms with van der Waals surface area (Å²) in [5.41, 5.74) is 15.5. The van der Waals surface area contributed by atoms with Gasteiger partial charge in [-0.25, -0.2) is 0 Å². The summed E-state index contributed by atoms with van der Waals surface area (Å²) in [6, 6.07) is 56.3. The largest absolute Gasteiger partial charge is 0.397 e. The Kier molecular flexibility index (Phi) is 6.45. The molecule has 3 aromatic heterocycles. The van der Waals surface area contributed by atoms with E-state index >= 15 is 0 Å². The lowest BCUT2D eigenvalue weighted by atomic mass is 10.0. The van der Waals surface area contributed by atoms with Gasteiger partial charge in [0.1, 0.15) is 6.17 Å². The molecule has 10 aromatic rings. The standard InChI is InChI=1S/C45H32N4S/c1-28(47-44(30-14-3-2-4-15-30)45-43(46)34-20-8-12-25-40(34)50-45)48-37-23-11-7-19-33(37)42-39(48)27-26-29-16-13-24-38(41(29)42)49-35-21-9-5-17-31(35)32-18-6-10-22-36(32)49/h2-28H,46H2,1H3. The molecule has 0 fully saturated rings. The Balaban J connectivity index is 1.27. The highest BCUT2D eigenvalue weighted by molar-refractivity contribution is 7.21. The van der Waals surface area contributed by atoms with E-state index in [2.05, 4.69) is 162 Å². The lowest BCUT2D eigenvalue weighted by Gasteiger charge is -2.17. The molecule has 2 N–H and O–H groups in total. The van der Waals surface area contributed by atoms with Gasteiger partial charge in [0.15, 0.2) is 0 Å². The predicted molar refractivity (Wildman–Crippen MR) is 214 cm³/mol. The van der Waals surface area contributed by atoms with E-state index in [0.717, 1.165) is 43.0 Å². The molecule has 50 heavy (non-hydrogen) atoms. The van der Waals surface area contributed by atoms with Crippen LogP contribution in [0.15, 0.2) is 163 Å². The molecule has 1 unspecified atom stereocenters. The molecule has 0 radical (unpaired) electrons. The molecule has 4 nitrogen and oxygen atoms in total. The Labute approximate surface area is 293 Å². The summed E-state index contributed by atoms with van der Waals surface area (Å²) >= 11 is 1.71. The van der Waals surface area contributed by atoms with Crippen LogP contribution in [0.2, 0.25) is 0 Å². The van der Waals surface area contributed by atoms with Crippen molar-refractivity contribution in [2.45, 2.75) is 13.1 Å². The highest BCUT2D eigenvalue weighted by Crippen LogP contribution is 2.42. The summed E-state index contributed by atoms with van der Waals surface area (Å²) in [5.74, 6) is 0. The second-order valence-electron chi connectivity index (χ2n) is 12.9. The van der Waals surface area contributed by atoms with Crippen molar-refractivity contribution in [1.82, 2.24) is 9.13 Å². The van der Waals surface area contributed by atoms with E-state index in [0.29, 0.717) is 0 Å². The first-order valence-electron chi connectivity index (χ1n) is 17.0. The van der Waals surface area contributed by atoms with Gasteiger partial charge in [-0.1, -0.05) is 121 Å². The van der Waals surface area contributed by atoms with Gasteiger partial charge >= 0.3 is 0 Å². The quantitative estimate of drug-likeness (QED) is 0.184. The third-order valence-corrected chi connectivity index (χ3v) is 11.3. The fourth-order valence-electron chi connectivity index (χ4n) is 7.96. The maximum absolute atomic E-state index is 6.88. The lowest BCUT2D eigenvalue weighted by Crippen LogP contribution is -2.10. The zero-order valence-corrected chi connectivity index (χ0v) is 28.2. The molecular formula is C45H32N4S. The summed E-state index contributed by atoms with van der Waals surface area (Å²) in [6.45, 7) is 2.20. The zero-order valence-electron chi connectivity index (χ0n) is 27.4. The molecule has 3 heterocycles. The van der Waals surface area contributed by atoms with E-state index in [1.165, 1.54) is 49.0 Å². The molecular weight excluding hydrogens is 629 g/mol. The average molecular weight is 661 g/mol. The van der Waals surface area contributed by atoms with Crippen LogP contribution in [-0.2, 0) is 0 Å². The molecule has 0 amide bonds. The maximum Gasteiger partial charge on any atom is 0.123 e. The van der Waals surface area contributed by atoms with E-state index in [1.54, 1.807) is 11.3 Å². The highest BCUT2D eigenvalue weighted by atomic mass is 32.1. The van der Waals surface area contributed by atoms with Crippen molar-refractivity contribution in [3.63, 3.8) is 0 Å². The van der Waals surface area contributed by atoms with E-state index in [1.807, 2.05) is 12.1 Å². The molecule has 0 aliphatic carbocycles. The van der Waals surface area contributed by atoms with Crippen LogP contribution in [0.3, 0.4) is 0 Å². The first-order valence-corrected chi connectivity index (χ1v) is 17.8. The van der Waals surface area contributed by atoms with E-state index < -0.39 is 0 Å². The van der Waals surface area contributed by atoms with Gasteiger partial charge in [-0.2, -0.15) is 0 Å². The molecule has 10 rings (SSSR count). The minimum Gasteiger partial charge on any atom is -0.397 e. The van der Waals surface area contributed by atoms with Crippen LogP contribution in [0.1, 0.15) is 23.5 Å². The van der Waals surface area contributed by atoms with Crippen molar-refractivity contribution < 1.29 is 0 Å². The minimum absolute atomic E-state index is 0.227. The van der Waals surface area contributed by atoms with Gasteiger partial charge in [0.2, 0.25) is 0 Å². The van der Waals surface area contributed by atoms with Gasteiger partial charge in [0.05, 0.1) is 44.0 Å². The number of para-hydroxylation sites is 3. The van der Waals surface area contributed by atoms with Gasteiger partial charge in [-0.05, 0) is 48.7 Å². The third-order valence-electron chi connectivity index (χ3n) is 10.1. The minimum atomic E-state index is -0.227. The number of rotatable bonds is 5. The Bertz CT molecular complexity index is 2910. The first kappa shape index (κ1) is 28.8. The number of nitrogens with zero attached hydrogens (tertiary/aromatic N) is 3. The second kappa shape index (κ2) is 11.2. The summed E-state index contributed by atoms with van der Waals surface area (Å²) < 4.78 is 6.01. The lowest BCUT2D eigenvalue weighted by molar-refractivity contribution is 0.614. The Morgan fingerprint density at radius 2 is 1.18 bits per heavy atom. The van der Waals surface area contributed by atoms with Crippen molar-refractivity contribution in [3.05, 3.63) is 168 Å². The SMILES string of the molecule is CC(N=C(c1ccccc1)c1sc2ccccc2c1N)n1c2ccccc2c2c3c(-n4c5ccccc5c5ccccc54)cccc3ccc21. The Morgan fingerprint density at radius 3 is 1.90 bits per heavy atom. The number of aliphatic imine (C=N–C) groups is 1. The van der Waals surface area contributed by atoms with Crippen LogP contribution in [0.25, 0.3) is 70.2 Å². The number of thiophene rings is 1. The summed E-state index contributed by atoms with van der Waals surface area (Å²) in [5, 5.41) is 8.48. The fourth-order valence-corrected chi connectivity index (χ4v) is 9.11. The molecule has 238 valence electrons. The fraction of sp³-hybridized carbons (Fsp3) is 0.0444. The van der Waals surface area contributed by atoms with Crippen LogP contribution in [0.4, 0.5) is 5.69 Å². The normalized spacial score (nSPS) is 13.0. The monoisotopic (exact) mass is 660 g/mol. The van der Waals surface area contributed by atoms with Crippen LogP contribution in [0.5, 0.6) is 0 Å². The molecule has 0 spiro atoms. The number of aromatic nitrogens is 2. The molecule has 0 bridgehead atoms. The number of fused-ring (bicyclic) bond motifs is 9. The number of anilines is 1. The van der Waals surface area contributed by atoms with Crippen molar-refractivity contribution in [1.29, 1.82) is 0 Å². The number of hydrogen-bond acceptors (Lipinski definition) is 3. The topological polar surface area (TPSA) is 48.2 Å². The van der Waals surface area contributed by atoms with Crippen molar-refractivity contribution >= 4 is 87.2 Å². The van der Waals surface area contributed by atoms with E-state index in [9.17, 15) is 0 Å². The van der Waals surface area contributed by atoms with Crippen molar-refractivity contribution in [2.24, 2.45) is 4.99 Å². The Hall–Kier alpha value is -6.17. The van der Waals surface area contributed by atoms with Crippen molar-refractivity contribution in [2.75, 3.05) is 5.73 Å².